The number of anilines is 1. The standard InChI is InChI=1S/C31H27ClFN3O2/c1-18-14-20(17-38-22-12-10-21(32)11-13-22)19(2)23(15-18)29-24(16-34)31(35)36(26-7-4-3-6-25(26)33)27-8-5-9-28(37)30(27)29/h3-4,6-7,10-15,29H,5,8-9,17,35H2,1-2H3. The van der Waals surface area contributed by atoms with E-state index in [2.05, 4.69) is 6.07 Å². The lowest BCUT2D eigenvalue weighted by molar-refractivity contribution is -0.116. The molecule has 1 aliphatic carbocycles. The molecule has 1 atom stereocenters. The van der Waals surface area contributed by atoms with Gasteiger partial charge in [0, 0.05) is 22.7 Å². The van der Waals surface area contributed by atoms with E-state index in [0.29, 0.717) is 47.9 Å². The smallest absolute Gasteiger partial charge is 0.161 e. The maximum Gasteiger partial charge on any atom is 0.161 e. The van der Waals surface area contributed by atoms with E-state index < -0.39 is 11.7 Å². The van der Waals surface area contributed by atoms with Gasteiger partial charge in [0.05, 0.1) is 23.2 Å². The first kappa shape index (κ1) is 25.6. The van der Waals surface area contributed by atoms with E-state index in [1.807, 2.05) is 38.1 Å². The topological polar surface area (TPSA) is 79.3 Å². The summed E-state index contributed by atoms with van der Waals surface area (Å²) in [7, 11) is 0. The molecular weight excluding hydrogens is 501 g/mol. The normalized spacial score (nSPS) is 17.4. The van der Waals surface area contributed by atoms with Crippen LogP contribution in [0, 0.1) is 31.0 Å². The number of aryl methyl sites for hydroxylation is 1. The minimum Gasteiger partial charge on any atom is -0.489 e. The van der Waals surface area contributed by atoms with E-state index in [9.17, 15) is 14.4 Å². The molecule has 38 heavy (non-hydrogen) atoms. The molecule has 0 spiro atoms. The summed E-state index contributed by atoms with van der Waals surface area (Å²) in [6.45, 7) is 4.24. The molecule has 1 heterocycles. The number of Topliss-reactive ketones (excluding diaryl/α,β-unsaturated/α-hetero) is 1. The van der Waals surface area contributed by atoms with Crippen LogP contribution >= 0.6 is 11.6 Å². The molecule has 3 aromatic carbocycles. The average molecular weight is 528 g/mol. The van der Waals surface area contributed by atoms with Gasteiger partial charge < -0.3 is 10.5 Å². The highest BCUT2D eigenvalue weighted by Crippen LogP contribution is 2.47. The monoisotopic (exact) mass is 527 g/mol. The van der Waals surface area contributed by atoms with Crippen molar-refractivity contribution in [3.63, 3.8) is 0 Å². The van der Waals surface area contributed by atoms with Crippen LogP contribution in [0.4, 0.5) is 10.1 Å². The molecular formula is C31H27ClFN3O2. The number of ether oxygens (including phenoxy) is 1. The Morgan fingerprint density at radius 1 is 1.13 bits per heavy atom. The van der Waals surface area contributed by atoms with Crippen molar-refractivity contribution in [2.45, 2.75) is 45.6 Å². The Balaban J connectivity index is 1.64. The van der Waals surface area contributed by atoms with Crippen LogP contribution in [0.3, 0.4) is 0 Å². The largest absolute Gasteiger partial charge is 0.489 e. The number of rotatable bonds is 5. The Bertz CT molecular complexity index is 1540. The number of benzene rings is 3. The van der Waals surface area contributed by atoms with Crippen molar-refractivity contribution in [3.8, 4) is 11.8 Å². The Kier molecular flexibility index (Phi) is 6.96. The number of nitrogens with two attached hydrogens (primary N) is 1. The number of allylic oxidation sites excluding steroid dienone is 3. The number of halogens is 2. The highest BCUT2D eigenvalue weighted by molar-refractivity contribution is 6.30. The lowest BCUT2D eigenvalue weighted by Crippen LogP contribution is -2.39. The summed E-state index contributed by atoms with van der Waals surface area (Å²) in [5.41, 5.74) is 11.9. The maximum absolute atomic E-state index is 14.9. The van der Waals surface area contributed by atoms with Crippen molar-refractivity contribution in [2.75, 3.05) is 4.90 Å². The van der Waals surface area contributed by atoms with Crippen molar-refractivity contribution < 1.29 is 13.9 Å². The minimum absolute atomic E-state index is 0.0438. The number of hydrogen-bond acceptors (Lipinski definition) is 5. The molecule has 7 heteroatoms. The Labute approximate surface area is 226 Å². The van der Waals surface area contributed by atoms with E-state index in [1.54, 1.807) is 35.2 Å². The predicted molar refractivity (Wildman–Crippen MR) is 146 cm³/mol. The molecule has 0 saturated carbocycles. The first-order valence-electron chi connectivity index (χ1n) is 12.5. The molecule has 0 bridgehead atoms. The molecule has 5 rings (SSSR count). The van der Waals surface area contributed by atoms with Gasteiger partial charge in [0.25, 0.3) is 0 Å². The summed E-state index contributed by atoms with van der Waals surface area (Å²) < 4.78 is 21.0. The van der Waals surface area contributed by atoms with Crippen LogP contribution in [0.25, 0.3) is 0 Å². The summed E-state index contributed by atoms with van der Waals surface area (Å²) in [6, 6.07) is 19.7. The predicted octanol–water partition coefficient (Wildman–Crippen LogP) is 6.98. The number of ketones is 1. The minimum atomic E-state index is -0.639. The van der Waals surface area contributed by atoms with Crippen LogP contribution in [0.2, 0.25) is 5.02 Å². The summed E-state index contributed by atoms with van der Waals surface area (Å²) in [6.07, 6.45) is 1.57. The van der Waals surface area contributed by atoms with Gasteiger partial charge in [0.2, 0.25) is 0 Å². The van der Waals surface area contributed by atoms with Crippen molar-refractivity contribution >= 4 is 23.1 Å². The van der Waals surface area contributed by atoms with Crippen molar-refractivity contribution in [1.82, 2.24) is 0 Å². The maximum atomic E-state index is 14.9. The van der Waals surface area contributed by atoms with Gasteiger partial charge in [-0.25, -0.2) is 4.39 Å². The molecule has 0 aromatic heterocycles. The quantitative estimate of drug-likeness (QED) is 0.387. The molecule has 1 aliphatic heterocycles. The Morgan fingerprint density at radius 3 is 2.58 bits per heavy atom. The van der Waals surface area contributed by atoms with Gasteiger partial charge in [-0.1, -0.05) is 41.4 Å². The Morgan fingerprint density at radius 2 is 1.87 bits per heavy atom. The lowest BCUT2D eigenvalue weighted by atomic mass is 9.73. The zero-order valence-electron chi connectivity index (χ0n) is 21.2. The van der Waals surface area contributed by atoms with E-state index in [-0.39, 0.29) is 22.9 Å². The number of para-hydroxylation sites is 1. The molecule has 1 unspecified atom stereocenters. The van der Waals surface area contributed by atoms with Crippen molar-refractivity contribution in [2.24, 2.45) is 5.73 Å². The third kappa shape index (κ3) is 4.55. The van der Waals surface area contributed by atoms with Crippen molar-refractivity contribution in [3.05, 3.63) is 116 Å². The number of nitriles is 1. The van der Waals surface area contributed by atoms with E-state index >= 15 is 0 Å². The molecule has 0 saturated heterocycles. The molecule has 5 nitrogen and oxygen atoms in total. The third-order valence-electron chi connectivity index (χ3n) is 7.23. The molecule has 192 valence electrons. The summed E-state index contributed by atoms with van der Waals surface area (Å²) >= 11 is 5.99. The SMILES string of the molecule is Cc1cc(COc2ccc(Cl)cc2)c(C)c(C2C(C#N)=C(N)N(c3ccccc3F)C3=C2C(=O)CCC3)c1. The van der Waals surface area contributed by atoms with E-state index in [1.165, 1.54) is 6.07 Å². The molecule has 2 N–H and O–H groups in total. The van der Waals surface area contributed by atoms with E-state index in [4.69, 9.17) is 22.1 Å². The highest BCUT2D eigenvalue weighted by Gasteiger charge is 2.41. The van der Waals surface area contributed by atoms with Crippen LogP contribution in [0.5, 0.6) is 5.75 Å². The van der Waals surface area contributed by atoms with Gasteiger partial charge >= 0.3 is 0 Å². The molecule has 0 amide bonds. The summed E-state index contributed by atoms with van der Waals surface area (Å²) in [4.78, 5) is 15.0. The molecule has 0 radical (unpaired) electrons. The molecule has 2 aliphatic rings. The first-order chi connectivity index (χ1) is 18.3. The zero-order valence-corrected chi connectivity index (χ0v) is 22.0. The van der Waals surface area contributed by atoms with Gasteiger partial charge in [-0.15, -0.1) is 0 Å². The van der Waals surface area contributed by atoms with Crippen LogP contribution in [-0.2, 0) is 11.4 Å². The third-order valence-corrected chi connectivity index (χ3v) is 7.48. The van der Waals surface area contributed by atoms with Crippen LogP contribution < -0.4 is 15.4 Å². The number of nitrogens with zero attached hydrogens (tertiary/aromatic N) is 2. The fourth-order valence-corrected chi connectivity index (χ4v) is 5.54. The van der Waals surface area contributed by atoms with Gasteiger partial charge in [-0.2, -0.15) is 5.26 Å². The lowest BCUT2D eigenvalue weighted by Gasteiger charge is -2.40. The number of hydrogen-bond donors (Lipinski definition) is 1. The van der Waals surface area contributed by atoms with Crippen LogP contribution in [0.15, 0.2) is 83.3 Å². The fourth-order valence-electron chi connectivity index (χ4n) is 5.41. The molecule has 3 aromatic rings. The van der Waals surface area contributed by atoms with Gasteiger partial charge in [0.15, 0.2) is 5.78 Å². The Hall–Kier alpha value is -4.08. The average Bonchev–Trinajstić information content (AvgIpc) is 2.90. The fraction of sp³-hybridized carbons (Fsp3) is 0.226. The summed E-state index contributed by atoms with van der Waals surface area (Å²) in [5, 5.41) is 11.0. The second-order valence-corrected chi connectivity index (χ2v) is 10.1. The van der Waals surface area contributed by atoms with Crippen molar-refractivity contribution in [1.29, 1.82) is 5.26 Å². The van der Waals surface area contributed by atoms with Gasteiger partial charge in [-0.05, 0) is 79.8 Å². The second-order valence-electron chi connectivity index (χ2n) is 9.65. The van der Waals surface area contributed by atoms with Crippen LogP contribution in [0.1, 0.15) is 47.4 Å². The summed E-state index contributed by atoms with van der Waals surface area (Å²) in [5.74, 6) is -0.317. The van der Waals surface area contributed by atoms with Gasteiger partial charge in [0.1, 0.15) is 24.0 Å². The van der Waals surface area contributed by atoms with E-state index in [0.717, 1.165) is 22.3 Å². The number of carbonyl (C=O) groups excluding carboxylic acids is 1. The number of carbonyl (C=O) groups is 1. The van der Waals surface area contributed by atoms with Crippen LogP contribution in [-0.4, -0.2) is 5.78 Å². The first-order valence-corrected chi connectivity index (χ1v) is 12.9. The van der Waals surface area contributed by atoms with Gasteiger partial charge in [-0.3, -0.25) is 9.69 Å². The second kappa shape index (κ2) is 10.4. The zero-order chi connectivity index (χ0) is 27.0. The highest BCUT2D eigenvalue weighted by atomic mass is 35.5. The molecule has 0 fully saturated rings.